The SMILES string of the molecule is O=C1CCCN1C1(c2ccc(Cl)nn2)CC1. The van der Waals surface area contributed by atoms with Gasteiger partial charge in [-0.25, -0.2) is 0 Å². The van der Waals surface area contributed by atoms with Crippen molar-refractivity contribution in [3.63, 3.8) is 0 Å². The molecule has 84 valence electrons. The molecule has 1 saturated carbocycles. The summed E-state index contributed by atoms with van der Waals surface area (Å²) in [6.07, 6.45) is 3.62. The molecule has 2 fully saturated rings. The summed E-state index contributed by atoms with van der Waals surface area (Å²) in [5.74, 6) is 0.245. The van der Waals surface area contributed by atoms with E-state index in [0.717, 1.165) is 31.5 Å². The number of aromatic nitrogens is 2. The molecular weight excluding hydrogens is 226 g/mol. The van der Waals surface area contributed by atoms with E-state index in [9.17, 15) is 4.79 Å². The summed E-state index contributed by atoms with van der Waals surface area (Å²) in [7, 11) is 0. The molecule has 2 aliphatic rings. The summed E-state index contributed by atoms with van der Waals surface area (Å²) in [6, 6.07) is 3.62. The summed E-state index contributed by atoms with van der Waals surface area (Å²) in [4.78, 5) is 13.7. The molecule has 4 nitrogen and oxygen atoms in total. The Labute approximate surface area is 98.6 Å². The molecular formula is C11H12ClN3O. The van der Waals surface area contributed by atoms with Gasteiger partial charge in [0, 0.05) is 13.0 Å². The largest absolute Gasteiger partial charge is 0.331 e. The molecule has 1 aliphatic carbocycles. The van der Waals surface area contributed by atoms with Crippen molar-refractivity contribution in [1.82, 2.24) is 15.1 Å². The number of hydrogen-bond donors (Lipinski definition) is 0. The predicted molar refractivity (Wildman–Crippen MR) is 58.9 cm³/mol. The summed E-state index contributed by atoms with van der Waals surface area (Å²) in [5.41, 5.74) is 0.720. The third-order valence-corrected chi connectivity index (χ3v) is 3.62. The Morgan fingerprint density at radius 3 is 2.62 bits per heavy atom. The second-order valence-electron chi connectivity index (χ2n) is 4.42. The monoisotopic (exact) mass is 237 g/mol. The van der Waals surface area contributed by atoms with Crippen molar-refractivity contribution in [1.29, 1.82) is 0 Å². The van der Waals surface area contributed by atoms with Crippen LogP contribution in [0, 0.1) is 0 Å². The Bertz CT molecular complexity index is 427. The Morgan fingerprint density at radius 1 is 1.31 bits per heavy atom. The Hall–Kier alpha value is -1.16. The highest BCUT2D eigenvalue weighted by atomic mass is 35.5. The normalized spacial score (nSPS) is 22.6. The molecule has 1 aliphatic heterocycles. The van der Waals surface area contributed by atoms with Gasteiger partial charge in [-0.05, 0) is 31.4 Å². The van der Waals surface area contributed by atoms with E-state index < -0.39 is 0 Å². The first-order valence-electron chi connectivity index (χ1n) is 5.53. The molecule has 0 radical (unpaired) electrons. The van der Waals surface area contributed by atoms with Gasteiger partial charge in [0.25, 0.3) is 0 Å². The number of nitrogens with zero attached hydrogens (tertiary/aromatic N) is 3. The molecule has 0 spiro atoms. The number of hydrogen-bond acceptors (Lipinski definition) is 3. The number of rotatable bonds is 2. The number of carbonyl (C=O) groups excluding carboxylic acids is 1. The maximum absolute atomic E-state index is 11.8. The molecule has 2 heterocycles. The van der Waals surface area contributed by atoms with E-state index in [-0.39, 0.29) is 11.4 Å². The van der Waals surface area contributed by atoms with Crippen molar-refractivity contribution in [2.45, 2.75) is 31.2 Å². The van der Waals surface area contributed by atoms with Crippen LogP contribution in [0.3, 0.4) is 0 Å². The van der Waals surface area contributed by atoms with Crippen molar-refractivity contribution in [3.8, 4) is 0 Å². The highest BCUT2D eigenvalue weighted by Crippen LogP contribution is 2.51. The van der Waals surface area contributed by atoms with Gasteiger partial charge in [-0.15, -0.1) is 5.10 Å². The van der Waals surface area contributed by atoms with Gasteiger partial charge in [-0.1, -0.05) is 11.6 Å². The molecule has 1 saturated heterocycles. The zero-order valence-electron chi connectivity index (χ0n) is 8.82. The van der Waals surface area contributed by atoms with Crippen molar-refractivity contribution < 1.29 is 4.79 Å². The molecule has 1 amide bonds. The lowest BCUT2D eigenvalue weighted by Gasteiger charge is -2.26. The van der Waals surface area contributed by atoms with Crippen LogP contribution in [0.4, 0.5) is 0 Å². The summed E-state index contributed by atoms with van der Waals surface area (Å²) in [5, 5.41) is 8.37. The average Bonchev–Trinajstić information content (AvgIpc) is 2.97. The second kappa shape index (κ2) is 3.42. The van der Waals surface area contributed by atoms with Crippen LogP contribution in [0.2, 0.25) is 5.15 Å². The maximum atomic E-state index is 11.8. The van der Waals surface area contributed by atoms with Crippen molar-refractivity contribution in [2.24, 2.45) is 0 Å². The second-order valence-corrected chi connectivity index (χ2v) is 4.81. The quantitative estimate of drug-likeness (QED) is 0.787. The van der Waals surface area contributed by atoms with E-state index in [0.29, 0.717) is 11.6 Å². The molecule has 0 atom stereocenters. The smallest absolute Gasteiger partial charge is 0.223 e. The lowest BCUT2D eigenvalue weighted by atomic mass is 10.1. The van der Waals surface area contributed by atoms with E-state index in [2.05, 4.69) is 10.2 Å². The van der Waals surface area contributed by atoms with E-state index in [1.165, 1.54) is 0 Å². The molecule has 1 aromatic heterocycles. The van der Waals surface area contributed by atoms with Gasteiger partial charge in [0.15, 0.2) is 5.15 Å². The molecule has 3 rings (SSSR count). The number of likely N-dealkylation sites (tertiary alicyclic amines) is 1. The third-order valence-electron chi connectivity index (χ3n) is 3.42. The van der Waals surface area contributed by atoms with Crippen LogP contribution in [0.5, 0.6) is 0 Å². The van der Waals surface area contributed by atoms with E-state index in [1.54, 1.807) is 6.07 Å². The molecule has 0 N–H and O–H groups in total. The van der Waals surface area contributed by atoms with Gasteiger partial charge >= 0.3 is 0 Å². The Balaban J connectivity index is 1.93. The zero-order chi connectivity index (χ0) is 11.2. The van der Waals surface area contributed by atoms with Crippen LogP contribution >= 0.6 is 11.6 Å². The molecule has 0 bridgehead atoms. The van der Waals surface area contributed by atoms with Crippen LogP contribution in [-0.4, -0.2) is 27.5 Å². The molecule has 1 aromatic rings. The first kappa shape index (κ1) is 10.0. The van der Waals surface area contributed by atoms with Crippen LogP contribution in [-0.2, 0) is 10.3 Å². The minimum Gasteiger partial charge on any atom is -0.331 e. The minimum absolute atomic E-state index is 0.162. The Kier molecular flexibility index (Phi) is 2.14. The van der Waals surface area contributed by atoms with E-state index in [1.807, 2.05) is 11.0 Å². The standard InChI is InChI=1S/C11H12ClN3O/c12-9-4-3-8(13-14-9)11(5-6-11)15-7-1-2-10(15)16/h3-4H,1-2,5-7H2. The molecule has 16 heavy (non-hydrogen) atoms. The highest BCUT2D eigenvalue weighted by molar-refractivity contribution is 6.29. The summed E-state index contributed by atoms with van der Waals surface area (Å²) < 4.78 is 0. The molecule has 5 heteroatoms. The van der Waals surface area contributed by atoms with Gasteiger partial charge in [0.05, 0.1) is 11.2 Å². The summed E-state index contributed by atoms with van der Waals surface area (Å²) in [6.45, 7) is 0.850. The van der Waals surface area contributed by atoms with Gasteiger partial charge in [-0.2, -0.15) is 5.10 Å². The predicted octanol–water partition coefficient (Wildman–Crippen LogP) is 1.74. The van der Waals surface area contributed by atoms with Crippen molar-refractivity contribution in [3.05, 3.63) is 23.0 Å². The number of amides is 1. The first-order valence-corrected chi connectivity index (χ1v) is 5.90. The van der Waals surface area contributed by atoms with Crippen LogP contribution in [0.1, 0.15) is 31.4 Å². The summed E-state index contributed by atoms with van der Waals surface area (Å²) >= 11 is 5.72. The van der Waals surface area contributed by atoms with Crippen molar-refractivity contribution >= 4 is 17.5 Å². The number of halogens is 1. The topological polar surface area (TPSA) is 46.1 Å². The van der Waals surface area contributed by atoms with Gasteiger partial charge in [0.2, 0.25) is 5.91 Å². The zero-order valence-corrected chi connectivity index (χ0v) is 9.57. The minimum atomic E-state index is -0.162. The maximum Gasteiger partial charge on any atom is 0.223 e. The molecule has 0 aromatic carbocycles. The number of carbonyl (C=O) groups is 1. The van der Waals surface area contributed by atoms with E-state index >= 15 is 0 Å². The fourth-order valence-corrected chi connectivity index (χ4v) is 2.55. The first-order chi connectivity index (χ1) is 7.72. The van der Waals surface area contributed by atoms with Crippen LogP contribution in [0.25, 0.3) is 0 Å². The van der Waals surface area contributed by atoms with Gasteiger partial charge < -0.3 is 4.90 Å². The highest BCUT2D eigenvalue weighted by Gasteiger charge is 2.53. The lowest BCUT2D eigenvalue weighted by Crippen LogP contribution is -2.37. The van der Waals surface area contributed by atoms with Crippen molar-refractivity contribution in [2.75, 3.05) is 6.54 Å². The average molecular weight is 238 g/mol. The van der Waals surface area contributed by atoms with E-state index in [4.69, 9.17) is 11.6 Å². The Morgan fingerprint density at radius 2 is 2.12 bits per heavy atom. The lowest BCUT2D eigenvalue weighted by molar-refractivity contribution is -0.130. The molecule has 0 unspecified atom stereocenters. The van der Waals surface area contributed by atoms with Gasteiger partial charge in [0.1, 0.15) is 0 Å². The fraction of sp³-hybridized carbons (Fsp3) is 0.545. The third kappa shape index (κ3) is 1.40. The van der Waals surface area contributed by atoms with Crippen LogP contribution in [0.15, 0.2) is 12.1 Å². The van der Waals surface area contributed by atoms with Gasteiger partial charge in [-0.3, -0.25) is 4.79 Å². The van der Waals surface area contributed by atoms with Crippen LogP contribution < -0.4 is 0 Å². The fourth-order valence-electron chi connectivity index (χ4n) is 2.45.